The van der Waals surface area contributed by atoms with Crippen LogP contribution in [0, 0.1) is 5.92 Å². The number of halogens is 3. The summed E-state index contributed by atoms with van der Waals surface area (Å²) in [5, 5.41) is 7.06. The molecule has 1 fully saturated rings. The van der Waals surface area contributed by atoms with Crippen LogP contribution in [0.1, 0.15) is 23.2 Å². The van der Waals surface area contributed by atoms with Crippen molar-refractivity contribution < 1.29 is 18.0 Å². The minimum Gasteiger partial charge on any atom is -0.352 e. The lowest BCUT2D eigenvalue weighted by Gasteiger charge is -2.32. The van der Waals surface area contributed by atoms with Gasteiger partial charge in [-0.2, -0.15) is 18.3 Å². The normalized spacial score (nSPS) is 16.8. The van der Waals surface area contributed by atoms with Gasteiger partial charge in [0.25, 0.3) is 5.91 Å². The SMILES string of the molecule is Cn1ncc(C(=O)NCC2CCN(CC(F)(F)F)CC2)c1-n1cccc1. The van der Waals surface area contributed by atoms with Crippen molar-refractivity contribution in [2.45, 2.75) is 19.0 Å². The first-order valence-corrected chi connectivity index (χ1v) is 8.56. The molecule has 1 saturated heterocycles. The Morgan fingerprint density at radius 1 is 1.27 bits per heavy atom. The average Bonchev–Trinajstić information content (AvgIpc) is 3.21. The lowest BCUT2D eigenvalue weighted by atomic mass is 9.96. The van der Waals surface area contributed by atoms with Gasteiger partial charge in [0, 0.05) is 26.0 Å². The Hall–Kier alpha value is -2.29. The predicted octanol–water partition coefficient (Wildman–Crippen LogP) is 2.21. The maximum absolute atomic E-state index is 12.5. The van der Waals surface area contributed by atoms with Crippen LogP contribution >= 0.6 is 0 Å². The molecule has 0 aromatic carbocycles. The maximum atomic E-state index is 12.5. The van der Waals surface area contributed by atoms with Crippen LogP contribution < -0.4 is 5.32 Å². The molecule has 6 nitrogen and oxygen atoms in total. The monoisotopic (exact) mass is 369 g/mol. The van der Waals surface area contributed by atoms with Crippen LogP contribution in [0.5, 0.6) is 0 Å². The van der Waals surface area contributed by atoms with Gasteiger partial charge < -0.3 is 9.88 Å². The van der Waals surface area contributed by atoms with E-state index in [9.17, 15) is 18.0 Å². The predicted molar refractivity (Wildman–Crippen MR) is 90.1 cm³/mol. The summed E-state index contributed by atoms with van der Waals surface area (Å²) in [5.41, 5.74) is 0.471. The van der Waals surface area contributed by atoms with Crippen LogP contribution in [0.4, 0.5) is 13.2 Å². The van der Waals surface area contributed by atoms with Crippen molar-refractivity contribution in [1.82, 2.24) is 24.6 Å². The number of likely N-dealkylation sites (tertiary alicyclic amines) is 1. The third-order valence-corrected chi connectivity index (χ3v) is 4.66. The van der Waals surface area contributed by atoms with Gasteiger partial charge in [-0.15, -0.1) is 0 Å². The number of aromatic nitrogens is 3. The first kappa shape index (κ1) is 18.5. The molecular weight excluding hydrogens is 347 g/mol. The molecule has 0 radical (unpaired) electrons. The Kier molecular flexibility index (Phi) is 5.36. The van der Waals surface area contributed by atoms with Crippen LogP contribution in [0.3, 0.4) is 0 Å². The van der Waals surface area contributed by atoms with E-state index in [0.29, 0.717) is 43.9 Å². The summed E-state index contributed by atoms with van der Waals surface area (Å²) in [7, 11) is 1.77. The van der Waals surface area contributed by atoms with E-state index >= 15 is 0 Å². The molecule has 1 aliphatic heterocycles. The third kappa shape index (κ3) is 4.46. The smallest absolute Gasteiger partial charge is 0.352 e. The van der Waals surface area contributed by atoms with Crippen LogP contribution in [-0.4, -0.2) is 57.5 Å². The first-order valence-electron chi connectivity index (χ1n) is 8.56. The maximum Gasteiger partial charge on any atom is 0.401 e. The van der Waals surface area contributed by atoms with Crippen molar-refractivity contribution in [3.8, 4) is 5.82 Å². The molecule has 1 aliphatic rings. The molecule has 9 heteroatoms. The van der Waals surface area contributed by atoms with E-state index in [1.165, 1.54) is 11.1 Å². The molecule has 3 rings (SSSR count). The molecule has 0 aliphatic carbocycles. The van der Waals surface area contributed by atoms with Crippen molar-refractivity contribution in [2.24, 2.45) is 13.0 Å². The summed E-state index contributed by atoms with van der Waals surface area (Å²) in [5.74, 6) is 0.641. The average molecular weight is 369 g/mol. The molecule has 1 N–H and O–H groups in total. The highest BCUT2D eigenvalue weighted by molar-refractivity contribution is 5.97. The number of rotatable bonds is 5. The molecule has 26 heavy (non-hydrogen) atoms. The number of piperidine rings is 1. The molecule has 2 aromatic rings. The number of carbonyl (C=O) groups is 1. The van der Waals surface area contributed by atoms with E-state index in [2.05, 4.69) is 10.4 Å². The van der Waals surface area contributed by atoms with Gasteiger partial charge in [-0.1, -0.05) is 0 Å². The Labute approximate surface area is 149 Å². The number of amides is 1. The summed E-state index contributed by atoms with van der Waals surface area (Å²) >= 11 is 0. The topological polar surface area (TPSA) is 55.1 Å². The number of carbonyl (C=O) groups excluding carboxylic acids is 1. The molecule has 3 heterocycles. The van der Waals surface area contributed by atoms with E-state index in [1.807, 2.05) is 29.1 Å². The van der Waals surface area contributed by atoms with Crippen molar-refractivity contribution in [2.75, 3.05) is 26.2 Å². The number of hydrogen-bond donors (Lipinski definition) is 1. The zero-order chi connectivity index (χ0) is 18.7. The van der Waals surface area contributed by atoms with Gasteiger partial charge in [0.2, 0.25) is 0 Å². The van der Waals surface area contributed by atoms with Gasteiger partial charge >= 0.3 is 6.18 Å². The Balaban J connectivity index is 1.53. The highest BCUT2D eigenvalue weighted by Gasteiger charge is 2.32. The largest absolute Gasteiger partial charge is 0.401 e. The van der Waals surface area contributed by atoms with Crippen LogP contribution in [0.2, 0.25) is 0 Å². The van der Waals surface area contributed by atoms with Crippen molar-refractivity contribution in [1.29, 1.82) is 0 Å². The second-order valence-electron chi connectivity index (χ2n) is 6.64. The summed E-state index contributed by atoms with van der Waals surface area (Å²) in [6, 6.07) is 3.73. The second-order valence-corrected chi connectivity index (χ2v) is 6.64. The van der Waals surface area contributed by atoms with Gasteiger partial charge in [0.1, 0.15) is 11.4 Å². The lowest BCUT2D eigenvalue weighted by Crippen LogP contribution is -2.42. The number of aryl methyl sites for hydroxylation is 1. The molecule has 0 unspecified atom stereocenters. The fourth-order valence-corrected chi connectivity index (χ4v) is 3.31. The quantitative estimate of drug-likeness (QED) is 0.879. The zero-order valence-electron chi connectivity index (χ0n) is 14.5. The number of nitrogens with zero attached hydrogens (tertiary/aromatic N) is 4. The molecule has 0 bridgehead atoms. The number of nitrogens with one attached hydrogen (secondary N) is 1. The molecule has 0 atom stereocenters. The van der Waals surface area contributed by atoms with E-state index in [1.54, 1.807) is 11.7 Å². The highest BCUT2D eigenvalue weighted by atomic mass is 19.4. The summed E-state index contributed by atoms with van der Waals surface area (Å²) in [6.07, 6.45) is 2.34. The Bertz CT molecular complexity index is 730. The van der Waals surface area contributed by atoms with Gasteiger partial charge in [-0.25, -0.2) is 0 Å². The van der Waals surface area contributed by atoms with Gasteiger partial charge in [0.15, 0.2) is 0 Å². The van der Waals surface area contributed by atoms with Gasteiger partial charge in [0.05, 0.1) is 12.7 Å². The van der Waals surface area contributed by atoms with Crippen LogP contribution in [-0.2, 0) is 7.05 Å². The minimum absolute atomic E-state index is 0.190. The minimum atomic E-state index is -4.16. The van der Waals surface area contributed by atoms with E-state index in [4.69, 9.17) is 0 Å². The molecular formula is C17H22F3N5O. The standard InChI is InChI=1S/C17H22F3N5O/c1-23-16(25-6-2-3-7-25)14(11-22-23)15(26)21-10-13-4-8-24(9-5-13)12-17(18,19)20/h2-3,6-7,11,13H,4-5,8-10,12H2,1H3,(H,21,26). The molecule has 0 spiro atoms. The first-order chi connectivity index (χ1) is 12.3. The Morgan fingerprint density at radius 3 is 2.54 bits per heavy atom. The molecule has 142 valence electrons. The Morgan fingerprint density at radius 2 is 1.92 bits per heavy atom. The summed E-state index contributed by atoms with van der Waals surface area (Å²) in [6.45, 7) is 0.407. The van der Waals surface area contributed by atoms with Crippen molar-refractivity contribution in [3.63, 3.8) is 0 Å². The molecule has 2 aromatic heterocycles. The fraction of sp³-hybridized carbons (Fsp3) is 0.529. The van der Waals surface area contributed by atoms with Crippen molar-refractivity contribution in [3.05, 3.63) is 36.3 Å². The summed E-state index contributed by atoms with van der Waals surface area (Å²) < 4.78 is 40.7. The highest BCUT2D eigenvalue weighted by Crippen LogP contribution is 2.22. The van der Waals surface area contributed by atoms with Crippen LogP contribution in [0.25, 0.3) is 5.82 Å². The number of hydrogen-bond acceptors (Lipinski definition) is 3. The van der Waals surface area contributed by atoms with Crippen molar-refractivity contribution >= 4 is 5.91 Å². The third-order valence-electron chi connectivity index (χ3n) is 4.66. The second kappa shape index (κ2) is 7.53. The van der Waals surface area contributed by atoms with Crippen LogP contribution in [0.15, 0.2) is 30.7 Å². The fourth-order valence-electron chi connectivity index (χ4n) is 3.31. The summed E-state index contributed by atoms with van der Waals surface area (Å²) in [4.78, 5) is 14.0. The molecule has 1 amide bonds. The van der Waals surface area contributed by atoms with Gasteiger partial charge in [-0.3, -0.25) is 14.4 Å². The van der Waals surface area contributed by atoms with E-state index in [-0.39, 0.29) is 11.8 Å². The van der Waals surface area contributed by atoms with E-state index in [0.717, 1.165) is 0 Å². The van der Waals surface area contributed by atoms with E-state index < -0.39 is 12.7 Å². The molecule has 0 saturated carbocycles. The lowest BCUT2D eigenvalue weighted by molar-refractivity contribution is -0.148. The van der Waals surface area contributed by atoms with Gasteiger partial charge in [-0.05, 0) is 44.0 Å². The zero-order valence-corrected chi connectivity index (χ0v) is 14.5. The number of alkyl halides is 3.